The number of rotatable bonds is 5. The standard InChI is InChI=1S/C19H23N5O4/c1-4-12-11(3)20-19(22-16(12)25)24-15(9-10(2)23-24)21-17(26)13-7-5-6-8-14(13)18(27)28/h5-6,9,13-14H,4,7-8H2,1-3H3,(H,21,26)(H,27,28)(H,20,22,25)/t13-,14-/m0/s1. The summed E-state index contributed by atoms with van der Waals surface area (Å²) in [5, 5.41) is 16.5. The minimum absolute atomic E-state index is 0.196. The second kappa shape index (κ2) is 7.79. The molecule has 1 aliphatic carbocycles. The largest absolute Gasteiger partial charge is 0.481 e. The summed E-state index contributed by atoms with van der Waals surface area (Å²) in [4.78, 5) is 43.6. The van der Waals surface area contributed by atoms with E-state index in [-0.39, 0.29) is 11.5 Å². The van der Waals surface area contributed by atoms with Crippen molar-refractivity contribution in [2.75, 3.05) is 5.32 Å². The maximum atomic E-state index is 12.8. The average molecular weight is 385 g/mol. The molecular weight excluding hydrogens is 362 g/mol. The van der Waals surface area contributed by atoms with Gasteiger partial charge in [0.05, 0.1) is 17.5 Å². The van der Waals surface area contributed by atoms with Crippen molar-refractivity contribution in [1.82, 2.24) is 19.7 Å². The van der Waals surface area contributed by atoms with Gasteiger partial charge in [-0.05, 0) is 33.1 Å². The Kier molecular flexibility index (Phi) is 5.43. The minimum atomic E-state index is -0.994. The number of aliphatic carboxylic acids is 1. The molecule has 0 saturated carbocycles. The summed E-state index contributed by atoms with van der Waals surface area (Å²) in [6, 6.07) is 1.65. The van der Waals surface area contributed by atoms with Gasteiger partial charge in [-0.25, -0.2) is 4.98 Å². The molecular formula is C19H23N5O4. The van der Waals surface area contributed by atoms with Crippen LogP contribution in [0.4, 0.5) is 5.82 Å². The molecule has 1 aliphatic rings. The van der Waals surface area contributed by atoms with Crippen molar-refractivity contribution in [1.29, 1.82) is 0 Å². The van der Waals surface area contributed by atoms with Crippen LogP contribution in [0.25, 0.3) is 5.95 Å². The molecule has 9 heteroatoms. The van der Waals surface area contributed by atoms with Crippen LogP contribution in [0.2, 0.25) is 0 Å². The zero-order valence-corrected chi connectivity index (χ0v) is 16.0. The predicted octanol–water partition coefficient (Wildman–Crippen LogP) is 1.74. The first-order valence-electron chi connectivity index (χ1n) is 9.17. The molecule has 0 unspecified atom stereocenters. The second-order valence-corrected chi connectivity index (χ2v) is 6.87. The molecule has 9 nitrogen and oxygen atoms in total. The van der Waals surface area contributed by atoms with Crippen molar-refractivity contribution >= 4 is 17.7 Å². The highest BCUT2D eigenvalue weighted by atomic mass is 16.4. The summed E-state index contributed by atoms with van der Waals surface area (Å²) in [7, 11) is 0. The van der Waals surface area contributed by atoms with Gasteiger partial charge in [-0.1, -0.05) is 19.1 Å². The quantitative estimate of drug-likeness (QED) is 0.672. The molecule has 0 spiro atoms. The Morgan fingerprint density at radius 3 is 2.57 bits per heavy atom. The monoisotopic (exact) mass is 385 g/mol. The van der Waals surface area contributed by atoms with E-state index in [4.69, 9.17) is 0 Å². The van der Waals surface area contributed by atoms with Crippen LogP contribution in [-0.4, -0.2) is 36.7 Å². The van der Waals surface area contributed by atoms with Crippen molar-refractivity contribution < 1.29 is 14.7 Å². The number of allylic oxidation sites excluding steroid dienone is 2. The highest BCUT2D eigenvalue weighted by Gasteiger charge is 2.34. The van der Waals surface area contributed by atoms with Gasteiger partial charge >= 0.3 is 5.97 Å². The molecule has 2 atom stereocenters. The first-order valence-corrected chi connectivity index (χ1v) is 9.17. The van der Waals surface area contributed by atoms with Crippen LogP contribution in [0.3, 0.4) is 0 Å². The Bertz CT molecular complexity index is 1000. The molecule has 2 heterocycles. The Labute approximate surface area is 161 Å². The van der Waals surface area contributed by atoms with Gasteiger partial charge in [-0.2, -0.15) is 9.78 Å². The van der Waals surface area contributed by atoms with Gasteiger partial charge in [0.2, 0.25) is 11.9 Å². The Hall–Kier alpha value is -3.23. The van der Waals surface area contributed by atoms with Crippen LogP contribution >= 0.6 is 0 Å². The van der Waals surface area contributed by atoms with E-state index < -0.39 is 23.7 Å². The molecule has 0 bridgehead atoms. The first-order chi connectivity index (χ1) is 13.3. The third-order valence-corrected chi connectivity index (χ3v) is 4.93. The molecule has 2 aromatic heterocycles. The van der Waals surface area contributed by atoms with Crippen LogP contribution in [0.1, 0.15) is 36.7 Å². The lowest BCUT2D eigenvalue weighted by molar-refractivity contribution is -0.146. The van der Waals surface area contributed by atoms with Gasteiger partial charge in [0, 0.05) is 17.3 Å². The molecule has 1 amide bonds. The summed E-state index contributed by atoms with van der Waals surface area (Å²) in [5.74, 6) is -2.32. The van der Waals surface area contributed by atoms with E-state index in [0.717, 1.165) is 0 Å². The number of aromatic amines is 1. The number of anilines is 1. The van der Waals surface area contributed by atoms with Crippen LogP contribution in [0.15, 0.2) is 23.0 Å². The maximum absolute atomic E-state index is 12.8. The summed E-state index contributed by atoms with van der Waals surface area (Å²) < 4.78 is 1.36. The van der Waals surface area contributed by atoms with Crippen molar-refractivity contribution in [2.24, 2.45) is 11.8 Å². The number of H-pyrrole nitrogens is 1. The normalized spacial score (nSPS) is 18.8. The van der Waals surface area contributed by atoms with Gasteiger partial charge < -0.3 is 10.4 Å². The van der Waals surface area contributed by atoms with Gasteiger partial charge in [0.1, 0.15) is 5.82 Å². The molecule has 148 valence electrons. The summed E-state index contributed by atoms with van der Waals surface area (Å²) >= 11 is 0. The Morgan fingerprint density at radius 1 is 1.29 bits per heavy atom. The summed E-state index contributed by atoms with van der Waals surface area (Å²) in [6.45, 7) is 5.37. The zero-order valence-electron chi connectivity index (χ0n) is 16.0. The van der Waals surface area contributed by atoms with Crippen LogP contribution < -0.4 is 10.9 Å². The van der Waals surface area contributed by atoms with Gasteiger partial charge in [-0.3, -0.25) is 19.4 Å². The van der Waals surface area contributed by atoms with E-state index in [2.05, 4.69) is 20.4 Å². The highest BCUT2D eigenvalue weighted by molar-refractivity contribution is 5.95. The predicted molar refractivity (Wildman–Crippen MR) is 102 cm³/mol. The minimum Gasteiger partial charge on any atom is -0.481 e. The molecule has 3 N–H and O–H groups in total. The summed E-state index contributed by atoms with van der Waals surface area (Å²) in [5.41, 5.74) is 1.55. The van der Waals surface area contributed by atoms with Crippen molar-refractivity contribution in [2.45, 2.75) is 40.0 Å². The number of amides is 1. The molecule has 0 radical (unpaired) electrons. The maximum Gasteiger partial charge on any atom is 0.307 e. The first kappa shape index (κ1) is 19.5. The molecule has 3 rings (SSSR count). The molecule has 0 aliphatic heterocycles. The van der Waals surface area contributed by atoms with E-state index >= 15 is 0 Å². The topological polar surface area (TPSA) is 130 Å². The van der Waals surface area contributed by atoms with E-state index in [1.165, 1.54) is 4.68 Å². The van der Waals surface area contributed by atoms with Crippen molar-refractivity contribution in [3.8, 4) is 5.95 Å². The van der Waals surface area contributed by atoms with Gasteiger partial charge in [0.15, 0.2) is 0 Å². The molecule has 0 aromatic carbocycles. The average Bonchev–Trinajstić information content (AvgIpc) is 3.01. The fraction of sp³-hybridized carbons (Fsp3) is 0.421. The molecule has 2 aromatic rings. The lowest BCUT2D eigenvalue weighted by Crippen LogP contribution is -2.35. The fourth-order valence-corrected chi connectivity index (χ4v) is 3.46. The SMILES string of the molecule is CCc1c(C)nc(-n2nc(C)cc2NC(=O)[C@H]2CC=CC[C@@H]2C(=O)O)[nH]c1=O. The van der Waals surface area contributed by atoms with Crippen LogP contribution in [-0.2, 0) is 16.0 Å². The zero-order chi connectivity index (χ0) is 20.4. The fourth-order valence-electron chi connectivity index (χ4n) is 3.46. The number of hydrogen-bond acceptors (Lipinski definition) is 5. The second-order valence-electron chi connectivity index (χ2n) is 6.87. The van der Waals surface area contributed by atoms with E-state index in [1.54, 1.807) is 26.0 Å². The number of aryl methyl sites for hydroxylation is 2. The third kappa shape index (κ3) is 3.73. The van der Waals surface area contributed by atoms with Gasteiger partial charge in [0.25, 0.3) is 5.56 Å². The number of carbonyl (C=O) groups is 2. The van der Waals surface area contributed by atoms with E-state index in [9.17, 15) is 19.5 Å². The van der Waals surface area contributed by atoms with E-state index in [0.29, 0.717) is 42.0 Å². The van der Waals surface area contributed by atoms with Crippen molar-refractivity contribution in [3.05, 3.63) is 45.5 Å². The summed E-state index contributed by atoms with van der Waals surface area (Å²) in [6.07, 6.45) is 4.83. The van der Waals surface area contributed by atoms with Crippen molar-refractivity contribution in [3.63, 3.8) is 0 Å². The molecule has 0 fully saturated rings. The number of hydrogen-bond donors (Lipinski definition) is 3. The number of nitrogens with zero attached hydrogens (tertiary/aromatic N) is 3. The number of nitrogens with one attached hydrogen (secondary N) is 2. The van der Waals surface area contributed by atoms with Gasteiger partial charge in [-0.15, -0.1) is 0 Å². The number of carbonyl (C=O) groups excluding carboxylic acids is 1. The highest BCUT2D eigenvalue weighted by Crippen LogP contribution is 2.27. The van der Waals surface area contributed by atoms with Crippen LogP contribution in [0, 0.1) is 25.7 Å². The number of aromatic nitrogens is 4. The molecule has 0 saturated heterocycles. The molecule has 28 heavy (non-hydrogen) atoms. The Balaban J connectivity index is 1.93. The smallest absolute Gasteiger partial charge is 0.307 e. The third-order valence-electron chi connectivity index (χ3n) is 4.93. The lowest BCUT2D eigenvalue weighted by Gasteiger charge is -2.24. The van der Waals surface area contributed by atoms with Crippen LogP contribution in [0.5, 0.6) is 0 Å². The number of carboxylic acids is 1. The van der Waals surface area contributed by atoms with E-state index in [1.807, 2.05) is 13.0 Å². The number of carboxylic acid groups (broad SMARTS) is 1. The lowest BCUT2D eigenvalue weighted by atomic mass is 9.82. The Morgan fingerprint density at radius 2 is 1.96 bits per heavy atom.